The van der Waals surface area contributed by atoms with Crippen molar-refractivity contribution in [3.05, 3.63) is 57.5 Å². The van der Waals surface area contributed by atoms with E-state index >= 15 is 0 Å². The van der Waals surface area contributed by atoms with Crippen LogP contribution in [-0.2, 0) is 12.8 Å². The van der Waals surface area contributed by atoms with E-state index in [4.69, 9.17) is 4.42 Å². The number of nitriles is 1. The first kappa shape index (κ1) is 16.7. The van der Waals surface area contributed by atoms with E-state index in [0.29, 0.717) is 10.5 Å². The van der Waals surface area contributed by atoms with Gasteiger partial charge in [-0.2, -0.15) is 5.26 Å². The number of hydrogen-bond acceptors (Lipinski definition) is 5. The largest absolute Gasteiger partial charge is 0.453 e. The predicted molar refractivity (Wildman–Crippen MR) is 99.6 cm³/mol. The summed E-state index contributed by atoms with van der Waals surface area (Å²) in [6.07, 6.45) is 5.39. The number of aryl methyl sites for hydroxylation is 2. The van der Waals surface area contributed by atoms with Gasteiger partial charge in [0.2, 0.25) is 5.78 Å². The summed E-state index contributed by atoms with van der Waals surface area (Å²) in [5.74, 6) is -2.30. The zero-order valence-corrected chi connectivity index (χ0v) is 15.0. The molecule has 5 heteroatoms. The van der Waals surface area contributed by atoms with Crippen LogP contribution in [0.15, 0.2) is 40.8 Å². The van der Waals surface area contributed by atoms with Crippen LogP contribution in [0.25, 0.3) is 11.0 Å². The number of hydrogen-bond donors (Lipinski definition) is 0. The summed E-state index contributed by atoms with van der Waals surface area (Å²) < 4.78 is 5.55. The van der Waals surface area contributed by atoms with Crippen molar-refractivity contribution < 1.29 is 14.0 Å². The third-order valence-corrected chi connectivity index (χ3v) is 6.06. The summed E-state index contributed by atoms with van der Waals surface area (Å²) in [6, 6.07) is 12.6. The highest BCUT2D eigenvalue weighted by atomic mass is 32.1. The van der Waals surface area contributed by atoms with Gasteiger partial charge in [-0.3, -0.25) is 9.59 Å². The number of Topliss-reactive ketones (excluding diaryl/α,β-unsaturated/α-hetero) is 2. The molecule has 0 N–H and O–H groups in total. The van der Waals surface area contributed by atoms with Gasteiger partial charge in [-0.25, -0.2) is 0 Å². The fraction of sp³-hybridized carbons (Fsp3) is 0.286. The SMILES string of the molecule is N#CC(C(=O)c1cc2ccccc2o1)C(=O)c1cc2c(s1)CCCCC2. The molecule has 4 rings (SSSR count). The molecule has 0 aliphatic heterocycles. The van der Waals surface area contributed by atoms with Crippen LogP contribution in [0.1, 0.15) is 49.9 Å². The van der Waals surface area contributed by atoms with Crippen LogP contribution in [0.2, 0.25) is 0 Å². The molecule has 0 bridgehead atoms. The zero-order chi connectivity index (χ0) is 18.1. The molecule has 2 heterocycles. The van der Waals surface area contributed by atoms with Crippen LogP contribution in [0.3, 0.4) is 0 Å². The summed E-state index contributed by atoms with van der Waals surface area (Å²) in [5, 5.41) is 10.3. The number of nitrogens with zero attached hydrogens (tertiary/aromatic N) is 1. The van der Waals surface area contributed by atoms with Crippen LogP contribution in [0, 0.1) is 17.2 Å². The Balaban J connectivity index is 1.63. The van der Waals surface area contributed by atoms with Crippen molar-refractivity contribution in [2.45, 2.75) is 32.1 Å². The molecule has 4 nitrogen and oxygen atoms in total. The van der Waals surface area contributed by atoms with Gasteiger partial charge in [-0.15, -0.1) is 11.3 Å². The lowest BCUT2D eigenvalue weighted by Gasteiger charge is -2.03. The number of furan rings is 1. The number of thiophene rings is 1. The quantitative estimate of drug-likeness (QED) is 0.373. The molecule has 0 radical (unpaired) electrons. The number of rotatable bonds is 4. The molecule has 0 spiro atoms. The van der Waals surface area contributed by atoms with Gasteiger partial charge in [0.25, 0.3) is 0 Å². The summed E-state index contributed by atoms with van der Waals surface area (Å²) in [4.78, 5) is 27.3. The fourth-order valence-electron chi connectivity index (χ4n) is 3.41. The van der Waals surface area contributed by atoms with Crippen LogP contribution in [-0.4, -0.2) is 11.6 Å². The first-order valence-corrected chi connectivity index (χ1v) is 9.57. The standard InChI is InChI=1S/C21H17NO3S/c22-12-15(20(23)17-10-13-6-4-5-8-16(13)25-17)21(24)19-11-14-7-2-1-3-9-18(14)26-19/h4-6,8,10-11,15H,1-3,7,9H2. The van der Waals surface area contributed by atoms with Gasteiger partial charge < -0.3 is 4.42 Å². The van der Waals surface area contributed by atoms with E-state index in [1.165, 1.54) is 28.2 Å². The van der Waals surface area contributed by atoms with E-state index < -0.39 is 17.5 Å². The Labute approximate surface area is 155 Å². The summed E-state index contributed by atoms with van der Waals surface area (Å²) in [7, 11) is 0. The molecule has 0 amide bonds. The Hall–Kier alpha value is -2.71. The molecule has 0 fully saturated rings. The maximum atomic E-state index is 12.8. The lowest BCUT2D eigenvalue weighted by Crippen LogP contribution is -2.22. The second-order valence-corrected chi connectivity index (χ2v) is 7.70. The minimum Gasteiger partial charge on any atom is -0.453 e. The summed E-state index contributed by atoms with van der Waals surface area (Å²) in [6.45, 7) is 0. The minimum absolute atomic E-state index is 0.0595. The minimum atomic E-state index is -1.36. The van der Waals surface area contributed by atoms with Crippen molar-refractivity contribution in [2.75, 3.05) is 0 Å². The van der Waals surface area contributed by atoms with E-state index in [2.05, 4.69) is 0 Å². The number of para-hydroxylation sites is 1. The molecular formula is C21H17NO3S. The Kier molecular flexibility index (Phi) is 4.44. The third-order valence-electron chi connectivity index (χ3n) is 4.81. The highest BCUT2D eigenvalue weighted by Crippen LogP contribution is 2.31. The Morgan fingerprint density at radius 2 is 1.88 bits per heavy atom. The first-order valence-electron chi connectivity index (χ1n) is 8.75. The van der Waals surface area contributed by atoms with Gasteiger partial charge in [0.05, 0.1) is 10.9 Å². The smallest absolute Gasteiger partial charge is 0.223 e. The lowest BCUT2D eigenvalue weighted by molar-refractivity contribution is 0.0832. The van der Waals surface area contributed by atoms with Gasteiger partial charge in [0.15, 0.2) is 17.5 Å². The molecule has 3 aromatic rings. The van der Waals surface area contributed by atoms with Gasteiger partial charge in [0, 0.05) is 10.3 Å². The summed E-state index contributed by atoms with van der Waals surface area (Å²) in [5.41, 5.74) is 1.77. The molecule has 130 valence electrons. The number of fused-ring (bicyclic) bond motifs is 2. The number of carbonyl (C=O) groups excluding carboxylic acids is 2. The van der Waals surface area contributed by atoms with E-state index in [-0.39, 0.29) is 5.76 Å². The number of carbonyl (C=O) groups is 2. The average Bonchev–Trinajstić information content (AvgIpc) is 3.20. The normalized spacial score (nSPS) is 15.0. The molecule has 2 aromatic heterocycles. The van der Waals surface area contributed by atoms with E-state index in [1.807, 2.05) is 30.3 Å². The van der Waals surface area contributed by atoms with Gasteiger partial charge >= 0.3 is 0 Å². The molecule has 1 aliphatic carbocycles. The van der Waals surface area contributed by atoms with Crippen LogP contribution in [0.5, 0.6) is 0 Å². The topological polar surface area (TPSA) is 71.1 Å². The second kappa shape index (κ2) is 6.89. The Morgan fingerprint density at radius 3 is 2.69 bits per heavy atom. The van der Waals surface area contributed by atoms with Crippen molar-refractivity contribution in [1.29, 1.82) is 5.26 Å². The second-order valence-electron chi connectivity index (χ2n) is 6.56. The molecule has 1 aromatic carbocycles. The first-order chi connectivity index (χ1) is 12.7. The predicted octanol–water partition coefficient (Wildman–Crippen LogP) is 4.97. The van der Waals surface area contributed by atoms with Crippen molar-refractivity contribution in [3.8, 4) is 6.07 Å². The highest BCUT2D eigenvalue weighted by Gasteiger charge is 2.32. The van der Waals surface area contributed by atoms with Crippen molar-refractivity contribution >= 4 is 33.9 Å². The monoisotopic (exact) mass is 363 g/mol. The van der Waals surface area contributed by atoms with Gasteiger partial charge in [-0.05, 0) is 49.4 Å². The van der Waals surface area contributed by atoms with E-state index in [1.54, 1.807) is 12.1 Å². The third kappa shape index (κ3) is 2.97. The molecule has 1 atom stereocenters. The summed E-state index contributed by atoms with van der Waals surface area (Å²) >= 11 is 1.43. The van der Waals surface area contributed by atoms with Crippen LogP contribution in [0.4, 0.5) is 0 Å². The van der Waals surface area contributed by atoms with Crippen LogP contribution < -0.4 is 0 Å². The molecular weight excluding hydrogens is 346 g/mol. The van der Waals surface area contributed by atoms with E-state index in [0.717, 1.165) is 31.1 Å². The zero-order valence-electron chi connectivity index (χ0n) is 14.2. The van der Waals surface area contributed by atoms with Crippen molar-refractivity contribution in [3.63, 3.8) is 0 Å². The number of benzene rings is 1. The maximum Gasteiger partial charge on any atom is 0.223 e. The number of ketones is 2. The molecule has 1 aliphatic rings. The Bertz CT molecular complexity index is 981. The van der Waals surface area contributed by atoms with Crippen molar-refractivity contribution in [2.24, 2.45) is 5.92 Å². The van der Waals surface area contributed by atoms with Crippen LogP contribution >= 0.6 is 11.3 Å². The Morgan fingerprint density at radius 1 is 1.08 bits per heavy atom. The maximum absolute atomic E-state index is 12.8. The molecule has 0 saturated heterocycles. The van der Waals surface area contributed by atoms with E-state index in [9.17, 15) is 14.9 Å². The fourth-order valence-corrected chi connectivity index (χ4v) is 4.64. The van der Waals surface area contributed by atoms with Gasteiger partial charge in [0.1, 0.15) is 5.58 Å². The molecule has 26 heavy (non-hydrogen) atoms. The average molecular weight is 363 g/mol. The molecule has 0 saturated carbocycles. The van der Waals surface area contributed by atoms with Gasteiger partial charge in [-0.1, -0.05) is 24.6 Å². The highest BCUT2D eigenvalue weighted by molar-refractivity contribution is 7.14. The van der Waals surface area contributed by atoms with Crippen molar-refractivity contribution in [1.82, 2.24) is 0 Å². The lowest BCUT2D eigenvalue weighted by atomic mass is 9.97. The molecule has 1 unspecified atom stereocenters.